The standard InChI is InChI=1S/C9H5BrN2O2.C8H11NO/c10-6-4-11-3-5-1-2-7(9(13)14)12-8(5)6;1-10-8-5-3-2-4-7(8)6-9/h1-4H,(H,13,14);2-5H,6,9H2,1H3. The van der Waals surface area contributed by atoms with Crippen LogP contribution in [0.5, 0.6) is 5.75 Å². The van der Waals surface area contributed by atoms with Crippen molar-refractivity contribution >= 4 is 32.8 Å². The first-order chi connectivity index (χ1) is 11.6. The van der Waals surface area contributed by atoms with E-state index in [1.807, 2.05) is 24.3 Å². The topological polar surface area (TPSA) is 98.3 Å². The molecule has 0 aliphatic rings. The monoisotopic (exact) mass is 389 g/mol. The Hall–Kier alpha value is -2.51. The normalized spacial score (nSPS) is 9.96. The van der Waals surface area contributed by atoms with E-state index in [-0.39, 0.29) is 5.69 Å². The van der Waals surface area contributed by atoms with E-state index in [4.69, 9.17) is 15.6 Å². The van der Waals surface area contributed by atoms with Crippen molar-refractivity contribution in [3.8, 4) is 5.75 Å². The number of pyridine rings is 2. The third-order valence-corrected chi connectivity index (χ3v) is 3.77. The zero-order valence-corrected chi connectivity index (χ0v) is 14.5. The van der Waals surface area contributed by atoms with E-state index in [9.17, 15) is 4.79 Å². The number of nitrogens with two attached hydrogens (primary N) is 1. The molecule has 0 spiro atoms. The second kappa shape index (κ2) is 8.37. The largest absolute Gasteiger partial charge is 0.496 e. The summed E-state index contributed by atoms with van der Waals surface area (Å²) < 4.78 is 5.75. The molecule has 0 aliphatic carbocycles. The van der Waals surface area contributed by atoms with E-state index in [1.165, 1.54) is 6.07 Å². The molecule has 0 unspecified atom stereocenters. The summed E-state index contributed by atoms with van der Waals surface area (Å²) in [5.41, 5.74) is 7.14. The van der Waals surface area contributed by atoms with Gasteiger partial charge in [0.1, 0.15) is 11.4 Å². The van der Waals surface area contributed by atoms with Gasteiger partial charge in [0, 0.05) is 29.9 Å². The average molecular weight is 390 g/mol. The first-order valence-corrected chi connectivity index (χ1v) is 7.81. The lowest BCUT2D eigenvalue weighted by Crippen LogP contribution is -2.00. The molecule has 0 amide bonds. The number of carboxylic acid groups (broad SMARTS) is 1. The van der Waals surface area contributed by atoms with Crippen LogP contribution in [0, 0.1) is 0 Å². The number of aromatic carboxylic acids is 1. The van der Waals surface area contributed by atoms with E-state index < -0.39 is 5.97 Å². The molecule has 6 nitrogen and oxygen atoms in total. The summed E-state index contributed by atoms with van der Waals surface area (Å²) in [5.74, 6) is -0.166. The predicted molar refractivity (Wildman–Crippen MR) is 95.1 cm³/mol. The molecule has 24 heavy (non-hydrogen) atoms. The number of hydrogen-bond donors (Lipinski definition) is 2. The van der Waals surface area contributed by atoms with Gasteiger partial charge in [-0.25, -0.2) is 9.78 Å². The van der Waals surface area contributed by atoms with Gasteiger partial charge in [-0.3, -0.25) is 4.98 Å². The molecule has 0 saturated heterocycles. The summed E-state index contributed by atoms with van der Waals surface area (Å²) in [6, 6.07) is 10.9. The molecule has 0 bridgehead atoms. The highest BCUT2D eigenvalue weighted by Gasteiger charge is 2.07. The second-order valence-electron chi connectivity index (χ2n) is 4.71. The van der Waals surface area contributed by atoms with Crippen molar-refractivity contribution in [2.24, 2.45) is 5.73 Å². The van der Waals surface area contributed by atoms with Crippen LogP contribution >= 0.6 is 15.9 Å². The van der Waals surface area contributed by atoms with Gasteiger partial charge >= 0.3 is 5.97 Å². The van der Waals surface area contributed by atoms with Crippen LogP contribution in [0.4, 0.5) is 0 Å². The summed E-state index contributed by atoms with van der Waals surface area (Å²) in [6.45, 7) is 0.532. The van der Waals surface area contributed by atoms with E-state index in [1.54, 1.807) is 25.6 Å². The SMILES string of the molecule is COc1ccccc1CN.O=C(O)c1ccc2cncc(Br)c2n1. The van der Waals surface area contributed by atoms with Gasteiger partial charge in [0.25, 0.3) is 0 Å². The molecule has 0 aliphatic heterocycles. The molecular weight excluding hydrogens is 374 g/mol. The molecule has 0 radical (unpaired) electrons. The first kappa shape index (κ1) is 17.8. The van der Waals surface area contributed by atoms with Crippen molar-refractivity contribution in [2.75, 3.05) is 7.11 Å². The number of fused-ring (bicyclic) bond motifs is 1. The van der Waals surface area contributed by atoms with Crippen LogP contribution in [0.1, 0.15) is 16.1 Å². The highest BCUT2D eigenvalue weighted by molar-refractivity contribution is 9.10. The van der Waals surface area contributed by atoms with Crippen molar-refractivity contribution in [3.63, 3.8) is 0 Å². The summed E-state index contributed by atoms with van der Waals surface area (Å²) in [6.07, 6.45) is 3.22. The van der Waals surface area contributed by atoms with Gasteiger partial charge in [-0.1, -0.05) is 18.2 Å². The van der Waals surface area contributed by atoms with Gasteiger partial charge in [0.05, 0.1) is 17.1 Å². The second-order valence-corrected chi connectivity index (χ2v) is 5.56. The van der Waals surface area contributed by atoms with Crippen molar-refractivity contribution in [1.82, 2.24) is 9.97 Å². The summed E-state index contributed by atoms with van der Waals surface area (Å²) in [5, 5.41) is 9.55. The van der Waals surface area contributed by atoms with Gasteiger partial charge in [0.2, 0.25) is 0 Å². The molecule has 0 saturated carbocycles. The minimum absolute atomic E-state index is 0.0319. The molecule has 1 aromatic carbocycles. The number of halogens is 1. The van der Waals surface area contributed by atoms with Gasteiger partial charge in [-0.2, -0.15) is 0 Å². The number of nitrogens with zero attached hydrogens (tertiary/aromatic N) is 2. The number of ether oxygens (including phenoxy) is 1. The van der Waals surface area contributed by atoms with Crippen molar-refractivity contribution in [2.45, 2.75) is 6.54 Å². The lowest BCUT2D eigenvalue weighted by molar-refractivity contribution is 0.0691. The summed E-state index contributed by atoms with van der Waals surface area (Å²) in [7, 11) is 1.65. The third kappa shape index (κ3) is 4.27. The molecule has 0 fully saturated rings. The Morgan fingerprint density at radius 1 is 1.25 bits per heavy atom. The Labute approximate surface area is 147 Å². The Bertz CT molecular complexity index is 832. The fourth-order valence-electron chi connectivity index (χ4n) is 2.00. The number of para-hydroxylation sites is 1. The maximum Gasteiger partial charge on any atom is 0.354 e. The number of hydrogen-bond acceptors (Lipinski definition) is 5. The average Bonchev–Trinajstić information content (AvgIpc) is 2.62. The maximum atomic E-state index is 10.7. The van der Waals surface area contributed by atoms with Crippen LogP contribution in [-0.2, 0) is 6.54 Å². The van der Waals surface area contributed by atoms with Gasteiger partial charge < -0.3 is 15.6 Å². The minimum Gasteiger partial charge on any atom is -0.496 e. The molecule has 7 heteroatoms. The van der Waals surface area contributed by atoms with Crippen LogP contribution in [0.2, 0.25) is 0 Å². The molecule has 2 heterocycles. The highest BCUT2D eigenvalue weighted by atomic mass is 79.9. The smallest absolute Gasteiger partial charge is 0.354 e. The Kier molecular flexibility index (Phi) is 6.22. The molecule has 124 valence electrons. The predicted octanol–water partition coefficient (Wildman–Crippen LogP) is 3.24. The molecule has 3 N–H and O–H groups in total. The maximum absolute atomic E-state index is 10.7. The zero-order valence-electron chi connectivity index (χ0n) is 12.9. The highest BCUT2D eigenvalue weighted by Crippen LogP contribution is 2.20. The molecule has 2 aromatic heterocycles. The van der Waals surface area contributed by atoms with Crippen LogP contribution in [0.3, 0.4) is 0 Å². The van der Waals surface area contributed by atoms with Crippen molar-refractivity contribution in [1.29, 1.82) is 0 Å². The Morgan fingerprint density at radius 3 is 2.62 bits per heavy atom. The Morgan fingerprint density at radius 2 is 2.00 bits per heavy atom. The molecule has 3 aromatic rings. The van der Waals surface area contributed by atoms with Crippen LogP contribution in [0.15, 0.2) is 53.3 Å². The van der Waals surface area contributed by atoms with E-state index in [0.29, 0.717) is 16.5 Å². The molecule has 0 atom stereocenters. The number of carbonyl (C=O) groups is 1. The lowest BCUT2D eigenvalue weighted by atomic mass is 10.2. The van der Waals surface area contributed by atoms with E-state index in [0.717, 1.165) is 16.7 Å². The van der Waals surface area contributed by atoms with Crippen molar-refractivity contribution in [3.05, 3.63) is 64.5 Å². The van der Waals surface area contributed by atoms with Gasteiger partial charge in [0.15, 0.2) is 0 Å². The number of carboxylic acids is 1. The van der Waals surface area contributed by atoms with E-state index >= 15 is 0 Å². The van der Waals surface area contributed by atoms with Crippen LogP contribution < -0.4 is 10.5 Å². The fraction of sp³-hybridized carbons (Fsp3) is 0.118. The van der Waals surface area contributed by atoms with Crippen molar-refractivity contribution < 1.29 is 14.6 Å². The molecule has 3 rings (SSSR count). The summed E-state index contributed by atoms with van der Waals surface area (Å²) in [4.78, 5) is 18.6. The minimum atomic E-state index is -1.03. The fourth-order valence-corrected chi connectivity index (χ4v) is 2.44. The molecular formula is C17H16BrN3O3. The lowest BCUT2D eigenvalue weighted by Gasteiger charge is -2.03. The van der Waals surface area contributed by atoms with Gasteiger partial charge in [-0.05, 0) is 34.1 Å². The number of methoxy groups -OCH3 is 1. The number of aromatic nitrogens is 2. The summed E-state index contributed by atoms with van der Waals surface area (Å²) >= 11 is 3.26. The van der Waals surface area contributed by atoms with Crippen LogP contribution in [0.25, 0.3) is 10.9 Å². The first-order valence-electron chi connectivity index (χ1n) is 7.02. The quantitative estimate of drug-likeness (QED) is 0.713. The van der Waals surface area contributed by atoms with Gasteiger partial charge in [-0.15, -0.1) is 0 Å². The zero-order chi connectivity index (χ0) is 17.5. The number of rotatable bonds is 3. The third-order valence-electron chi connectivity index (χ3n) is 3.19. The van der Waals surface area contributed by atoms with E-state index in [2.05, 4.69) is 25.9 Å². The Balaban J connectivity index is 0.000000185. The number of benzene rings is 1. The van der Waals surface area contributed by atoms with Crippen LogP contribution in [-0.4, -0.2) is 28.2 Å².